The molecule has 0 aliphatic heterocycles. The summed E-state index contributed by atoms with van der Waals surface area (Å²) in [7, 11) is 0. The third-order valence-electron chi connectivity index (χ3n) is 3.98. The van der Waals surface area contributed by atoms with Crippen molar-refractivity contribution < 1.29 is 9.59 Å². The molecule has 0 heterocycles. The second kappa shape index (κ2) is 9.92. The highest BCUT2D eigenvalue weighted by atomic mass is 79.9. The van der Waals surface area contributed by atoms with Gasteiger partial charge in [-0.3, -0.25) is 9.59 Å². The zero-order valence-corrected chi connectivity index (χ0v) is 18.0. The zero-order valence-electron chi connectivity index (χ0n) is 14.8. The summed E-state index contributed by atoms with van der Waals surface area (Å²) in [5, 5.41) is 3.28. The van der Waals surface area contributed by atoms with Crippen molar-refractivity contribution in [2.75, 3.05) is 11.1 Å². The van der Waals surface area contributed by atoms with Gasteiger partial charge >= 0.3 is 0 Å². The summed E-state index contributed by atoms with van der Waals surface area (Å²) in [5.74, 6) is 0.648. The molecule has 142 valence electrons. The van der Waals surface area contributed by atoms with E-state index in [1.807, 2.05) is 30.3 Å². The molecule has 0 aromatic heterocycles. The SMILES string of the molecule is O=C(CSCc1ccccc1Br)Nc1ccc(Cl)cc1C(=O)c1ccccc1. The number of anilines is 1. The Labute approximate surface area is 181 Å². The average molecular weight is 475 g/mol. The zero-order chi connectivity index (χ0) is 19.9. The summed E-state index contributed by atoms with van der Waals surface area (Å²) in [6.07, 6.45) is 0. The van der Waals surface area contributed by atoms with Gasteiger partial charge in [-0.15, -0.1) is 11.8 Å². The number of nitrogens with one attached hydrogen (secondary N) is 1. The predicted octanol–water partition coefficient (Wildman–Crippen LogP) is 6.21. The summed E-state index contributed by atoms with van der Waals surface area (Å²) < 4.78 is 1.02. The smallest absolute Gasteiger partial charge is 0.234 e. The van der Waals surface area contributed by atoms with Crippen LogP contribution < -0.4 is 5.32 Å². The molecule has 0 saturated heterocycles. The van der Waals surface area contributed by atoms with Crippen molar-refractivity contribution in [3.63, 3.8) is 0 Å². The second-order valence-corrected chi connectivity index (χ2v) is 8.29. The summed E-state index contributed by atoms with van der Waals surface area (Å²) in [6.45, 7) is 0. The summed E-state index contributed by atoms with van der Waals surface area (Å²) in [5.41, 5.74) is 2.52. The van der Waals surface area contributed by atoms with Gasteiger partial charge in [-0.05, 0) is 29.8 Å². The van der Waals surface area contributed by atoms with Gasteiger partial charge in [0.2, 0.25) is 5.91 Å². The first-order valence-corrected chi connectivity index (χ1v) is 10.9. The lowest BCUT2D eigenvalue weighted by Crippen LogP contribution is -2.17. The minimum Gasteiger partial charge on any atom is -0.325 e. The maximum atomic E-state index is 12.8. The number of carbonyl (C=O) groups is 2. The van der Waals surface area contributed by atoms with E-state index in [4.69, 9.17) is 11.6 Å². The van der Waals surface area contributed by atoms with E-state index in [9.17, 15) is 9.59 Å². The van der Waals surface area contributed by atoms with Crippen molar-refractivity contribution in [3.05, 3.63) is 99.0 Å². The molecule has 0 aliphatic rings. The Morgan fingerprint density at radius 3 is 2.43 bits per heavy atom. The van der Waals surface area contributed by atoms with Crippen LogP contribution in [0.15, 0.2) is 77.3 Å². The van der Waals surface area contributed by atoms with Crippen molar-refractivity contribution in [1.82, 2.24) is 0 Å². The molecule has 0 fully saturated rings. The average Bonchev–Trinajstić information content (AvgIpc) is 2.71. The van der Waals surface area contributed by atoms with Crippen molar-refractivity contribution in [1.29, 1.82) is 0 Å². The number of hydrogen-bond acceptors (Lipinski definition) is 3. The van der Waals surface area contributed by atoms with Crippen LogP contribution >= 0.6 is 39.3 Å². The van der Waals surface area contributed by atoms with Gasteiger partial charge in [0, 0.05) is 26.4 Å². The van der Waals surface area contributed by atoms with E-state index in [1.165, 1.54) is 11.8 Å². The van der Waals surface area contributed by atoms with Gasteiger partial charge in [0.15, 0.2) is 5.78 Å². The van der Waals surface area contributed by atoms with Crippen LogP contribution in [0.3, 0.4) is 0 Å². The standard InChI is InChI=1S/C22H17BrClNO2S/c23-19-9-5-4-8-16(19)13-28-14-21(26)25-20-11-10-17(24)12-18(20)22(27)15-6-2-1-3-7-15/h1-12H,13-14H2,(H,25,26). The van der Waals surface area contributed by atoms with Crippen molar-refractivity contribution in [3.8, 4) is 0 Å². The second-order valence-electron chi connectivity index (χ2n) is 6.02. The fourth-order valence-electron chi connectivity index (χ4n) is 2.61. The third kappa shape index (κ3) is 5.47. The van der Waals surface area contributed by atoms with E-state index in [-0.39, 0.29) is 17.4 Å². The Bertz CT molecular complexity index is 995. The van der Waals surface area contributed by atoms with Gasteiger partial charge in [0.1, 0.15) is 0 Å². The number of rotatable bonds is 7. The van der Waals surface area contributed by atoms with E-state index in [0.29, 0.717) is 27.6 Å². The molecule has 0 aliphatic carbocycles. The molecule has 28 heavy (non-hydrogen) atoms. The molecule has 1 amide bonds. The number of amides is 1. The van der Waals surface area contributed by atoms with Crippen LogP contribution in [0.5, 0.6) is 0 Å². The fourth-order valence-corrected chi connectivity index (χ4v) is 4.23. The first-order chi connectivity index (χ1) is 13.5. The molecule has 0 radical (unpaired) electrons. The van der Waals surface area contributed by atoms with Gasteiger partial charge < -0.3 is 5.32 Å². The Balaban J connectivity index is 1.67. The van der Waals surface area contributed by atoms with Crippen molar-refractivity contribution in [2.45, 2.75) is 5.75 Å². The molecule has 0 atom stereocenters. The maximum absolute atomic E-state index is 12.8. The Kier molecular flexibility index (Phi) is 7.31. The van der Waals surface area contributed by atoms with Crippen molar-refractivity contribution >= 4 is 56.7 Å². The monoisotopic (exact) mass is 473 g/mol. The van der Waals surface area contributed by atoms with Crippen LogP contribution in [0.25, 0.3) is 0 Å². The lowest BCUT2D eigenvalue weighted by Gasteiger charge is -2.11. The molecule has 3 aromatic rings. The van der Waals surface area contributed by atoms with Crippen LogP contribution in [0.2, 0.25) is 5.02 Å². The number of hydrogen-bond donors (Lipinski definition) is 1. The first-order valence-electron chi connectivity index (χ1n) is 8.55. The Hall–Kier alpha value is -2.08. The van der Waals surface area contributed by atoms with Crippen LogP contribution in [0.4, 0.5) is 5.69 Å². The minimum absolute atomic E-state index is 0.165. The number of halogens is 2. The van der Waals surface area contributed by atoms with E-state index >= 15 is 0 Å². The quantitative estimate of drug-likeness (QED) is 0.414. The van der Waals surface area contributed by atoms with E-state index in [2.05, 4.69) is 21.2 Å². The van der Waals surface area contributed by atoms with Gasteiger partial charge in [-0.2, -0.15) is 0 Å². The topological polar surface area (TPSA) is 46.2 Å². The van der Waals surface area contributed by atoms with Gasteiger partial charge in [-0.1, -0.05) is 76.1 Å². The van der Waals surface area contributed by atoms with Gasteiger partial charge in [0.05, 0.1) is 11.4 Å². The highest BCUT2D eigenvalue weighted by molar-refractivity contribution is 9.10. The molecule has 3 rings (SSSR count). The minimum atomic E-state index is -0.181. The highest BCUT2D eigenvalue weighted by Crippen LogP contribution is 2.25. The molecule has 0 unspecified atom stereocenters. The molecule has 3 nitrogen and oxygen atoms in total. The lowest BCUT2D eigenvalue weighted by atomic mass is 10.0. The van der Waals surface area contributed by atoms with Crippen LogP contribution in [0, 0.1) is 0 Å². The molecular weight excluding hydrogens is 458 g/mol. The van der Waals surface area contributed by atoms with Crippen LogP contribution in [0.1, 0.15) is 21.5 Å². The lowest BCUT2D eigenvalue weighted by molar-refractivity contribution is -0.113. The predicted molar refractivity (Wildman–Crippen MR) is 120 cm³/mol. The van der Waals surface area contributed by atoms with Crippen LogP contribution in [-0.2, 0) is 10.5 Å². The number of carbonyl (C=O) groups excluding carboxylic acids is 2. The van der Waals surface area contributed by atoms with E-state index in [1.54, 1.807) is 42.5 Å². The molecule has 0 spiro atoms. The van der Waals surface area contributed by atoms with E-state index in [0.717, 1.165) is 10.0 Å². The maximum Gasteiger partial charge on any atom is 0.234 e. The normalized spacial score (nSPS) is 10.5. The number of benzene rings is 3. The van der Waals surface area contributed by atoms with Crippen molar-refractivity contribution in [2.24, 2.45) is 0 Å². The van der Waals surface area contributed by atoms with Crippen LogP contribution in [-0.4, -0.2) is 17.4 Å². The highest BCUT2D eigenvalue weighted by Gasteiger charge is 2.16. The molecule has 3 aromatic carbocycles. The molecule has 0 bridgehead atoms. The Morgan fingerprint density at radius 1 is 0.964 bits per heavy atom. The molecule has 6 heteroatoms. The van der Waals surface area contributed by atoms with Gasteiger partial charge in [0.25, 0.3) is 0 Å². The molecular formula is C22H17BrClNO2S. The number of ketones is 1. The first kappa shape index (κ1) is 20.6. The Morgan fingerprint density at radius 2 is 1.68 bits per heavy atom. The summed E-state index contributed by atoms with van der Waals surface area (Å²) >= 11 is 11.1. The summed E-state index contributed by atoms with van der Waals surface area (Å²) in [4.78, 5) is 25.2. The number of thioether (sulfide) groups is 1. The van der Waals surface area contributed by atoms with Gasteiger partial charge in [-0.25, -0.2) is 0 Å². The van der Waals surface area contributed by atoms with E-state index < -0.39 is 0 Å². The molecule has 0 saturated carbocycles. The molecule has 1 N–H and O–H groups in total. The third-order valence-corrected chi connectivity index (χ3v) is 5.98. The largest absolute Gasteiger partial charge is 0.325 e. The summed E-state index contributed by atoms with van der Waals surface area (Å²) in [6, 6.07) is 21.7. The fraction of sp³-hybridized carbons (Fsp3) is 0.0909.